The number of rotatable bonds is 6. The van der Waals surface area contributed by atoms with Crippen LogP contribution in [0.2, 0.25) is 5.02 Å². The zero-order chi connectivity index (χ0) is 16.2. The van der Waals surface area contributed by atoms with E-state index in [1.165, 1.54) is 0 Å². The van der Waals surface area contributed by atoms with Gasteiger partial charge in [-0.25, -0.2) is 4.79 Å². The molecule has 1 N–H and O–H groups in total. The molecule has 0 aliphatic heterocycles. The first kappa shape index (κ1) is 15.5. The molecular weight excluding hydrogens is 316 g/mol. The monoisotopic (exact) mass is 332 g/mol. The average molecular weight is 333 g/mol. The third-order valence-electron chi connectivity index (χ3n) is 3.50. The quantitative estimate of drug-likeness (QED) is 0.703. The van der Waals surface area contributed by atoms with Crippen molar-refractivity contribution in [3.05, 3.63) is 58.0 Å². The maximum atomic E-state index is 11.8. The van der Waals surface area contributed by atoms with Crippen LogP contribution >= 0.6 is 11.6 Å². The molecular formula is C17H17ClN2O3. The summed E-state index contributed by atoms with van der Waals surface area (Å²) in [5.41, 5.74) is 1.54. The van der Waals surface area contributed by atoms with E-state index in [-0.39, 0.29) is 5.69 Å². The van der Waals surface area contributed by atoms with Crippen LogP contribution in [-0.2, 0) is 6.54 Å². The molecule has 2 aromatic carbocycles. The van der Waals surface area contributed by atoms with Crippen molar-refractivity contribution in [2.75, 3.05) is 13.2 Å². The number of aromatic nitrogens is 2. The molecule has 23 heavy (non-hydrogen) atoms. The fourth-order valence-corrected chi connectivity index (χ4v) is 2.51. The minimum atomic E-state index is -0.106. The third kappa shape index (κ3) is 3.51. The van der Waals surface area contributed by atoms with Gasteiger partial charge in [-0.1, -0.05) is 11.6 Å². The summed E-state index contributed by atoms with van der Waals surface area (Å²) >= 11 is 5.82. The highest BCUT2D eigenvalue weighted by Crippen LogP contribution is 2.19. The van der Waals surface area contributed by atoms with Gasteiger partial charge in [-0.05, 0) is 43.3 Å². The van der Waals surface area contributed by atoms with Gasteiger partial charge in [-0.3, -0.25) is 4.57 Å². The van der Waals surface area contributed by atoms with Gasteiger partial charge in [0.25, 0.3) is 0 Å². The average Bonchev–Trinajstić information content (AvgIpc) is 2.87. The molecule has 120 valence electrons. The number of aryl methyl sites for hydroxylation is 1. The molecule has 0 fully saturated rings. The number of fused-ring (bicyclic) bond motifs is 1. The van der Waals surface area contributed by atoms with Crippen LogP contribution in [0.5, 0.6) is 11.5 Å². The zero-order valence-corrected chi connectivity index (χ0v) is 13.5. The lowest BCUT2D eigenvalue weighted by molar-refractivity contribution is 0.217. The van der Waals surface area contributed by atoms with E-state index < -0.39 is 0 Å². The fraction of sp³-hybridized carbons (Fsp3) is 0.235. The van der Waals surface area contributed by atoms with E-state index >= 15 is 0 Å². The van der Waals surface area contributed by atoms with Crippen LogP contribution in [0, 0.1) is 0 Å². The summed E-state index contributed by atoms with van der Waals surface area (Å²) in [6.07, 6.45) is 0. The summed E-state index contributed by atoms with van der Waals surface area (Å²) in [5, 5.41) is 0.676. The van der Waals surface area contributed by atoms with Gasteiger partial charge in [0.15, 0.2) is 0 Å². The molecule has 0 amide bonds. The Balaban J connectivity index is 1.61. The summed E-state index contributed by atoms with van der Waals surface area (Å²) in [6, 6.07) is 12.7. The summed E-state index contributed by atoms with van der Waals surface area (Å²) in [5.74, 6) is 1.46. The molecule has 3 rings (SSSR count). The zero-order valence-electron chi connectivity index (χ0n) is 12.7. The van der Waals surface area contributed by atoms with Crippen molar-refractivity contribution >= 4 is 22.6 Å². The van der Waals surface area contributed by atoms with Crippen LogP contribution in [0.3, 0.4) is 0 Å². The summed E-state index contributed by atoms with van der Waals surface area (Å²) < 4.78 is 12.9. The normalized spacial score (nSPS) is 10.9. The van der Waals surface area contributed by atoms with Crippen molar-refractivity contribution in [2.24, 2.45) is 0 Å². The molecule has 0 spiro atoms. The number of hydrogen-bond donors (Lipinski definition) is 1. The van der Waals surface area contributed by atoms with Gasteiger partial charge in [-0.15, -0.1) is 0 Å². The molecule has 1 heterocycles. The lowest BCUT2D eigenvalue weighted by Gasteiger charge is -2.09. The highest BCUT2D eigenvalue weighted by atomic mass is 35.5. The summed E-state index contributed by atoms with van der Waals surface area (Å²) in [6.45, 7) is 3.38. The molecule has 5 nitrogen and oxygen atoms in total. The standard InChI is InChI=1S/C17H17ClN2O3/c1-2-20-16-11-14(7-8-15(16)19-17(20)21)23-10-9-22-13-5-3-12(18)4-6-13/h3-8,11H,2,9-10H2,1H3,(H,19,21). The lowest BCUT2D eigenvalue weighted by Crippen LogP contribution is -2.15. The van der Waals surface area contributed by atoms with E-state index in [4.69, 9.17) is 21.1 Å². The molecule has 1 aromatic heterocycles. The first-order valence-electron chi connectivity index (χ1n) is 7.41. The molecule has 0 bridgehead atoms. The van der Waals surface area contributed by atoms with Crippen LogP contribution in [0.1, 0.15) is 6.92 Å². The molecule has 0 aliphatic rings. The summed E-state index contributed by atoms with van der Waals surface area (Å²) in [4.78, 5) is 14.6. The largest absolute Gasteiger partial charge is 0.490 e. The molecule has 0 radical (unpaired) electrons. The highest BCUT2D eigenvalue weighted by molar-refractivity contribution is 6.30. The predicted octanol–water partition coefficient (Wildman–Crippen LogP) is 3.46. The maximum absolute atomic E-state index is 11.8. The van der Waals surface area contributed by atoms with Crippen molar-refractivity contribution in [3.63, 3.8) is 0 Å². The van der Waals surface area contributed by atoms with Gasteiger partial charge in [0, 0.05) is 17.6 Å². The van der Waals surface area contributed by atoms with Gasteiger partial charge in [0.2, 0.25) is 0 Å². The Morgan fingerprint density at radius 1 is 1.04 bits per heavy atom. The third-order valence-corrected chi connectivity index (χ3v) is 3.75. The molecule has 0 aliphatic carbocycles. The lowest BCUT2D eigenvalue weighted by atomic mass is 10.3. The van der Waals surface area contributed by atoms with Crippen LogP contribution in [0.25, 0.3) is 11.0 Å². The van der Waals surface area contributed by atoms with E-state index in [0.717, 1.165) is 16.8 Å². The van der Waals surface area contributed by atoms with E-state index in [1.807, 2.05) is 37.3 Å². The number of nitrogens with one attached hydrogen (secondary N) is 1. The number of H-pyrrole nitrogens is 1. The van der Waals surface area contributed by atoms with Crippen molar-refractivity contribution in [1.29, 1.82) is 0 Å². The number of imidazole rings is 1. The minimum Gasteiger partial charge on any atom is -0.490 e. The van der Waals surface area contributed by atoms with Crippen molar-refractivity contribution < 1.29 is 9.47 Å². The molecule has 6 heteroatoms. The second kappa shape index (κ2) is 6.79. The number of hydrogen-bond acceptors (Lipinski definition) is 3. The molecule has 3 aromatic rings. The second-order valence-electron chi connectivity index (χ2n) is 5.00. The van der Waals surface area contributed by atoms with Gasteiger partial charge >= 0.3 is 5.69 Å². The van der Waals surface area contributed by atoms with Crippen molar-refractivity contribution in [1.82, 2.24) is 9.55 Å². The van der Waals surface area contributed by atoms with Gasteiger partial charge < -0.3 is 14.5 Å². The van der Waals surface area contributed by atoms with E-state index in [2.05, 4.69) is 4.98 Å². The Morgan fingerprint density at radius 3 is 2.39 bits per heavy atom. The SMILES string of the molecule is CCn1c(=O)[nH]c2ccc(OCCOc3ccc(Cl)cc3)cc21. The van der Waals surface area contributed by atoms with Gasteiger partial charge in [0.1, 0.15) is 24.7 Å². The predicted molar refractivity (Wildman–Crippen MR) is 90.7 cm³/mol. The summed E-state index contributed by atoms with van der Waals surface area (Å²) in [7, 11) is 0. The van der Waals surface area contributed by atoms with E-state index in [1.54, 1.807) is 16.7 Å². The van der Waals surface area contributed by atoms with Gasteiger partial charge in [0.05, 0.1) is 11.0 Å². The first-order chi connectivity index (χ1) is 11.2. The van der Waals surface area contributed by atoms with Crippen LogP contribution in [0.15, 0.2) is 47.3 Å². The Hall–Kier alpha value is -2.40. The Morgan fingerprint density at radius 2 is 1.70 bits per heavy atom. The van der Waals surface area contributed by atoms with Crippen LogP contribution < -0.4 is 15.2 Å². The number of nitrogens with zero attached hydrogens (tertiary/aromatic N) is 1. The first-order valence-corrected chi connectivity index (χ1v) is 7.79. The number of ether oxygens (including phenoxy) is 2. The molecule has 0 saturated heterocycles. The van der Waals surface area contributed by atoms with E-state index in [0.29, 0.717) is 30.5 Å². The van der Waals surface area contributed by atoms with Gasteiger partial charge in [-0.2, -0.15) is 0 Å². The van der Waals surface area contributed by atoms with Crippen LogP contribution in [0.4, 0.5) is 0 Å². The Labute approximate surface area is 138 Å². The number of benzene rings is 2. The smallest absolute Gasteiger partial charge is 0.326 e. The molecule has 0 saturated carbocycles. The number of aromatic amines is 1. The van der Waals surface area contributed by atoms with E-state index in [9.17, 15) is 4.79 Å². The topological polar surface area (TPSA) is 56.2 Å². The molecule has 0 atom stereocenters. The van der Waals surface area contributed by atoms with Crippen LogP contribution in [-0.4, -0.2) is 22.8 Å². The second-order valence-corrected chi connectivity index (χ2v) is 5.44. The Kier molecular flexibility index (Phi) is 4.57. The van der Waals surface area contributed by atoms with Crippen molar-refractivity contribution in [3.8, 4) is 11.5 Å². The number of halogens is 1. The maximum Gasteiger partial charge on any atom is 0.326 e. The van der Waals surface area contributed by atoms with Crippen molar-refractivity contribution in [2.45, 2.75) is 13.5 Å². The highest BCUT2D eigenvalue weighted by Gasteiger charge is 2.06. The Bertz CT molecular complexity index is 852. The molecule has 0 unspecified atom stereocenters. The minimum absolute atomic E-state index is 0.106. The fourth-order valence-electron chi connectivity index (χ4n) is 2.39.